The molecule has 1 aromatic heterocycles. The molecule has 0 spiro atoms. The van der Waals surface area contributed by atoms with Crippen LogP contribution in [0, 0.1) is 18.7 Å². The Morgan fingerprint density at radius 2 is 2.00 bits per heavy atom. The highest BCUT2D eigenvalue weighted by atomic mass is 19.1. The van der Waals surface area contributed by atoms with Gasteiger partial charge in [-0.25, -0.2) is 9.37 Å². The number of benzene rings is 2. The molecule has 0 aliphatic heterocycles. The molecule has 1 unspecified atom stereocenters. The van der Waals surface area contributed by atoms with Gasteiger partial charge in [0.25, 0.3) is 0 Å². The number of methoxy groups -OCH3 is 1. The molecule has 3 N–H and O–H groups in total. The first-order valence-corrected chi connectivity index (χ1v) is 8.70. The van der Waals surface area contributed by atoms with E-state index in [4.69, 9.17) is 10.5 Å². The van der Waals surface area contributed by atoms with Crippen LogP contribution in [0.5, 0.6) is 5.75 Å². The number of nitrogens with one attached hydrogen (secondary N) is 1. The summed E-state index contributed by atoms with van der Waals surface area (Å²) >= 11 is 0. The van der Waals surface area contributed by atoms with Gasteiger partial charge in [-0.3, -0.25) is 4.79 Å². The number of pyridine rings is 1. The van der Waals surface area contributed by atoms with Gasteiger partial charge in [0.15, 0.2) is 0 Å². The second-order valence-corrected chi connectivity index (χ2v) is 6.48. The Hall–Kier alpha value is -3.15. The molecule has 0 aliphatic rings. The standard InChI is InChI=1S/C21H22FN3O2/c1-13-10-18(17-4-3-5-19(27-2)20(17)25-13)24-12-15(21(23)26)11-14-6-8-16(22)9-7-14/h3-10,15H,11-12H2,1-2H3,(H2,23,26)(H,24,25). The first kappa shape index (κ1) is 18.6. The van der Waals surface area contributed by atoms with Gasteiger partial charge in [-0.1, -0.05) is 24.3 Å². The maximum Gasteiger partial charge on any atom is 0.222 e. The largest absolute Gasteiger partial charge is 0.494 e. The molecule has 27 heavy (non-hydrogen) atoms. The number of hydrogen-bond acceptors (Lipinski definition) is 4. The van der Waals surface area contributed by atoms with Crippen molar-refractivity contribution in [2.45, 2.75) is 13.3 Å². The Morgan fingerprint density at radius 1 is 1.26 bits per heavy atom. The minimum absolute atomic E-state index is 0.305. The van der Waals surface area contributed by atoms with Gasteiger partial charge in [0, 0.05) is 23.3 Å². The van der Waals surface area contributed by atoms with Crippen molar-refractivity contribution in [2.24, 2.45) is 11.7 Å². The third-order valence-electron chi connectivity index (χ3n) is 4.49. The molecule has 1 atom stereocenters. The summed E-state index contributed by atoms with van der Waals surface area (Å²) in [5.41, 5.74) is 8.90. The number of amides is 1. The third-order valence-corrected chi connectivity index (χ3v) is 4.49. The summed E-state index contributed by atoms with van der Waals surface area (Å²) < 4.78 is 18.5. The smallest absolute Gasteiger partial charge is 0.222 e. The summed E-state index contributed by atoms with van der Waals surface area (Å²) in [7, 11) is 1.61. The Bertz CT molecular complexity index is 958. The highest BCUT2D eigenvalue weighted by Crippen LogP contribution is 2.30. The Kier molecular flexibility index (Phi) is 5.54. The highest BCUT2D eigenvalue weighted by Gasteiger charge is 2.17. The van der Waals surface area contributed by atoms with Crippen LogP contribution in [-0.4, -0.2) is 24.5 Å². The Labute approximate surface area is 157 Å². The molecule has 2 aromatic carbocycles. The third kappa shape index (κ3) is 4.34. The summed E-state index contributed by atoms with van der Waals surface area (Å²) in [6, 6.07) is 13.7. The maximum atomic E-state index is 13.1. The molecule has 0 saturated carbocycles. The second kappa shape index (κ2) is 8.03. The first-order chi connectivity index (χ1) is 13.0. The first-order valence-electron chi connectivity index (χ1n) is 8.70. The van der Waals surface area contributed by atoms with Gasteiger partial charge in [-0.15, -0.1) is 0 Å². The van der Waals surface area contributed by atoms with Gasteiger partial charge >= 0.3 is 0 Å². The van der Waals surface area contributed by atoms with Crippen LogP contribution in [0.25, 0.3) is 10.9 Å². The molecular weight excluding hydrogens is 345 g/mol. The fraction of sp³-hybridized carbons (Fsp3) is 0.238. The lowest BCUT2D eigenvalue weighted by atomic mass is 9.98. The number of ether oxygens (including phenoxy) is 1. The number of aromatic nitrogens is 1. The van der Waals surface area contributed by atoms with E-state index in [1.165, 1.54) is 12.1 Å². The van der Waals surface area contributed by atoms with Crippen molar-refractivity contribution in [3.8, 4) is 5.75 Å². The van der Waals surface area contributed by atoms with Gasteiger partial charge in [-0.2, -0.15) is 0 Å². The van der Waals surface area contributed by atoms with Crippen LogP contribution < -0.4 is 15.8 Å². The van der Waals surface area contributed by atoms with Crippen LogP contribution >= 0.6 is 0 Å². The second-order valence-electron chi connectivity index (χ2n) is 6.48. The number of anilines is 1. The predicted octanol–water partition coefficient (Wildman–Crippen LogP) is 3.45. The van der Waals surface area contributed by atoms with Gasteiger partial charge in [0.1, 0.15) is 17.1 Å². The van der Waals surface area contributed by atoms with Crippen molar-refractivity contribution in [3.63, 3.8) is 0 Å². The van der Waals surface area contributed by atoms with Crippen LogP contribution in [0.15, 0.2) is 48.5 Å². The van der Waals surface area contributed by atoms with Crippen LogP contribution in [-0.2, 0) is 11.2 Å². The summed E-state index contributed by atoms with van der Waals surface area (Å²) in [5.74, 6) is -0.443. The Balaban J connectivity index is 1.83. The molecule has 5 nitrogen and oxygen atoms in total. The summed E-state index contributed by atoms with van der Waals surface area (Å²) in [6.45, 7) is 2.27. The number of hydrogen-bond donors (Lipinski definition) is 2. The van der Waals surface area contributed by atoms with E-state index in [2.05, 4.69) is 10.3 Å². The average Bonchev–Trinajstić information content (AvgIpc) is 2.65. The topological polar surface area (TPSA) is 77.2 Å². The molecule has 1 amide bonds. The van der Waals surface area contributed by atoms with E-state index in [-0.39, 0.29) is 5.82 Å². The fourth-order valence-electron chi connectivity index (χ4n) is 3.07. The molecule has 0 fully saturated rings. The van der Waals surface area contributed by atoms with E-state index in [1.807, 2.05) is 31.2 Å². The minimum atomic E-state index is -0.426. The zero-order chi connectivity index (χ0) is 19.4. The maximum absolute atomic E-state index is 13.1. The lowest BCUT2D eigenvalue weighted by Crippen LogP contribution is -2.31. The van der Waals surface area contributed by atoms with E-state index in [0.29, 0.717) is 18.7 Å². The van der Waals surface area contributed by atoms with Crippen molar-refractivity contribution < 1.29 is 13.9 Å². The quantitative estimate of drug-likeness (QED) is 0.671. The number of para-hydroxylation sites is 1. The SMILES string of the molecule is COc1cccc2c(NCC(Cc3ccc(F)cc3)C(N)=O)cc(C)nc12. The molecule has 140 valence electrons. The average molecular weight is 367 g/mol. The monoisotopic (exact) mass is 367 g/mol. The van der Waals surface area contributed by atoms with Crippen molar-refractivity contribution in [1.82, 2.24) is 4.98 Å². The van der Waals surface area contributed by atoms with E-state index in [9.17, 15) is 9.18 Å². The number of nitrogens with two attached hydrogens (primary N) is 1. The molecule has 3 rings (SSSR count). The highest BCUT2D eigenvalue weighted by molar-refractivity contribution is 5.95. The summed E-state index contributed by atoms with van der Waals surface area (Å²) in [5, 5.41) is 4.23. The van der Waals surface area contributed by atoms with E-state index < -0.39 is 11.8 Å². The van der Waals surface area contributed by atoms with E-state index in [0.717, 1.165) is 27.8 Å². The normalized spacial score (nSPS) is 12.0. The van der Waals surface area contributed by atoms with Crippen LogP contribution in [0.2, 0.25) is 0 Å². The Morgan fingerprint density at radius 3 is 2.67 bits per heavy atom. The van der Waals surface area contributed by atoms with Gasteiger partial charge in [0.05, 0.1) is 13.0 Å². The van der Waals surface area contributed by atoms with Crippen molar-refractivity contribution in [1.29, 1.82) is 0 Å². The number of carbonyl (C=O) groups is 1. The molecule has 3 aromatic rings. The van der Waals surface area contributed by atoms with Crippen molar-refractivity contribution in [2.75, 3.05) is 19.0 Å². The van der Waals surface area contributed by atoms with Crippen LogP contribution in [0.4, 0.5) is 10.1 Å². The van der Waals surface area contributed by atoms with Crippen LogP contribution in [0.3, 0.4) is 0 Å². The van der Waals surface area contributed by atoms with E-state index >= 15 is 0 Å². The number of halogens is 1. The molecular formula is C21H22FN3O2. The lowest BCUT2D eigenvalue weighted by Gasteiger charge is -2.17. The van der Waals surface area contributed by atoms with Crippen molar-refractivity contribution >= 4 is 22.5 Å². The van der Waals surface area contributed by atoms with Gasteiger partial charge < -0.3 is 15.8 Å². The number of primary amides is 1. The molecule has 6 heteroatoms. The predicted molar refractivity (Wildman–Crippen MR) is 104 cm³/mol. The number of rotatable bonds is 7. The van der Waals surface area contributed by atoms with Gasteiger partial charge in [0.2, 0.25) is 5.91 Å². The molecule has 0 radical (unpaired) electrons. The minimum Gasteiger partial charge on any atom is -0.494 e. The number of carbonyl (C=O) groups excluding carboxylic acids is 1. The van der Waals surface area contributed by atoms with Gasteiger partial charge in [-0.05, 0) is 43.2 Å². The molecule has 1 heterocycles. The molecule has 0 saturated heterocycles. The number of nitrogens with zero attached hydrogens (tertiary/aromatic N) is 1. The zero-order valence-corrected chi connectivity index (χ0v) is 15.3. The zero-order valence-electron chi connectivity index (χ0n) is 15.3. The summed E-state index contributed by atoms with van der Waals surface area (Å²) in [4.78, 5) is 16.5. The summed E-state index contributed by atoms with van der Waals surface area (Å²) in [6.07, 6.45) is 0.438. The van der Waals surface area contributed by atoms with Crippen LogP contribution in [0.1, 0.15) is 11.3 Å². The fourth-order valence-corrected chi connectivity index (χ4v) is 3.07. The number of fused-ring (bicyclic) bond motifs is 1. The van der Waals surface area contributed by atoms with Crippen molar-refractivity contribution in [3.05, 3.63) is 65.6 Å². The lowest BCUT2D eigenvalue weighted by molar-refractivity contribution is -0.121. The molecule has 0 aliphatic carbocycles. The number of aryl methyl sites for hydroxylation is 1. The van der Waals surface area contributed by atoms with E-state index in [1.54, 1.807) is 19.2 Å². The molecule has 0 bridgehead atoms.